The van der Waals surface area contributed by atoms with Gasteiger partial charge in [-0.25, -0.2) is 0 Å². The molecular weight excluding hydrogens is 252 g/mol. The molecule has 4 nitrogen and oxygen atoms in total. The fraction of sp³-hybridized carbons (Fsp3) is 0.562. The Morgan fingerprint density at radius 3 is 2.85 bits per heavy atom. The number of amides is 1. The topological polar surface area (TPSA) is 55.6 Å². The molecule has 20 heavy (non-hydrogen) atoms. The molecule has 0 aromatic heterocycles. The van der Waals surface area contributed by atoms with Crippen LogP contribution in [0.4, 0.5) is 0 Å². The van der Waals surface area contributed by atoms with Crippen LogP contribution in [-0.4, -0.2) is 36.0 Å². The number of carbonyl (C=O) groups excluding carboxylic acids is 1. The molecule has 1 aromatic rings. The van der Waals surface area contributed by atoms with Gasteiger partial charge < -0.3 is 15.4 Å². The van der Waals surface area contributed by atoms with Gasteiger partial charge in [0.15, 0.2) is 0 Å². The van der Waals surface area contributed by atoms with Gasteiger partial charge in [-0.15, -0.1) is 0 Å². The quantitative estimate of drug-likeness (QED) is 0.919. The number of nitrogens with zero attached hydrogens (tertiary/aromatic N) is 1. The van der Waals surface area contributed by atoms with Gasteiger partial charge in [-0.2, -0.15) is 0 Å². The highest BCUT2D eigenvalue weighted by Crippen LogP contribution is 2.27. The smallest absolute Gasteiger partial charge is 0.224 e. The predicted molar refractivity (Wildman–Crippen MR) is 79.3 cm³/mol. The van der Waals surface area contributed by atoms with Gasteiger partial charge in [0, 0.05) is 12.5 Å². The normalized spacial score (nSPS) is 24.5. The molecule has 2 rings (SSSR count). The fourth-order valence-electron chi connectivity index (χ4n) is 2.63. The summed E-state index contributed by atoms with van der Waals surface area (Å²) in [7, 11) is 0. The van der Waals surface area contributed by atoms with Crippen molar-refractivity contribution in [3.05, 3.63) is 35.4 Å². The Labute approximate surface area is 120 Å². The highest BCUT2D eigenvalue weighted by molar-refractivity contribution is 5.77. The van der Waals surface area contributed by atoms with E-state index in [4.69, 9.17) is 10.5 Å². The molecular formula is C16H24N2O2. The number of aryl methyl sites for hydroxylation is 1. The second-order valence-corrected chi connectivity index (χ2v) is 5.76. The van der Waals surface area contributed by atoms with Crippen molar-refractivity contribution in [3.8, 4) is 0 Å². The van der Waals surface area contributed by atoms with Gasteiger partial charge in [-0.1, -0.05) is 24.3 Å². The minimum Gasteiger partial charge on any atom is -0.370 e. The van der Waals surface area contributed by atoms with E-state index in [1.54, 1.807) is 0 Å². The third-order valence-corrected chi connectivity index (χ3v) is 3.79. The highest BCUT2D eigenvalue weighted by Gasteiger charge is 2.31. The fourth-order valence-corrected chi connectivity index (χ4v) is 2.63. The molecule has 1 saturated heterocycles. The van der Waals surface area contributed by atoms with E-state index in [1.807, 2.05) is 30.9 Å². The number of rotatable bonds is 3. The van der Waals surface area contributed by atoms with Gasteiger partial charge in [0.1, 0.15) is 6.10 Å². The van der Waals surface area contributed by atoms with Crippen molar-refractivity contribution in [3.63, 3.8) is 0 Å². The summed E-state index contributed by atoms with van der Waals surface area (Å²) in [6, 6.07) is 8.19. The van der Waals surface area contributed by atoms with E-state index in [0.717, 1.165) is 5.56 Å². The van der Waals surface area contributed by atoms with E-state index >= 15 is 0 Å². The molecule has 1 heterocycles. The van der Waals surface area contributed by atoms with Crippen molar-refractivity contribution >= 4 is 5.91 Å². The Bertz CT molecular complexity index is 473. The van der Waals surface area contributed by atoms with Crippen molar-refractivity contribution in [2.24, 2.45) is 5.73 Å². The number of hydrogen-bond acceptors (Lipinski definition) is 3. The Morgan fingerprint density at radius 2 is 2.20 bits per heavy atom. The molecule has 1 amide bonds. The first-order valence-electron chi connectivity index (χ1n) is 7.21. The molecule has 3 unspecified atom stereocenters. The maximum Gasteiger partial charge on any atom is 0.224 e. The summed E-state index contributed by atoms with van der Waals surface area (Å²) >= 11 is 0. The first-order valence-corrected chi connectivity index (χ1v) is 7.21. The summed E-state index contributed by atoms with van der Waals surface area (Å²) in [5, 5.41) is 0. The molecule has 2 N–H and O–H groups in total. The molecule has 0 saturated carbocycles. The molecule has 110 valence electrons. The van der Waals surface area contributed by atoms with Crippen molar-refractivity contribution in [1.82, 2.24) is 4.90 Å². The third-order valence-electron chi connectivity index (χ3n) is 3.79. The minimum absolute atomic E-state index is 0.0376. The molecule has 0 radical (unpaired) electrons. The molecule has 3 atom stereocenters. The van der Waals surface area contributed by atoms with Crippen molar-refractivity contribution in [1.29, 1.82) is 0 Å². The second kappa shape index (κ2) is 6.37. The van der Waals surface area contributed by atoms with Crippen LogP contribution < -0.4 is 5.73 Å². The van der Waals surface area contributed by atoms with E-state index < -0.39 is 0 Å². The summed E-state index contributed by atoms with van der Waals surface area (Å²) in [6.07, 6.45) is 0.356. The van der Waals surface area contributed by atoms with E-state index in [-0.39, 0.29) is 24.1 Å². The Balaban J connectivity index is 2.12. The summed E-state index contributed by atoms with van der Waals surface area (Å²) < 4.78 is 5.92. The molecule has 1 fully saturated rings. The zero-order valence-electron chi connectivity index (χ0n) is 12.5. The zero-order valence-corrected chi connectivity index (χ0v) is 12.5. The van der Waals surface area contributed by atoms with E-state index in [9.17, 15) is 4.79 Å². The van der Waals surface area contributed by atoms with Crippen LogP contribution in [0.3, 0.4) is 0 Å². The largest absolute Gasteiger partial charge is 0.370 e. The van der Waals surface area contributed by atoms with Gasteiger partial charge in [0.25, 0.3) is 0 Å². The second-order valence-electron chi connectivity index (χ2n) is 5.76. The van der Waals surface area contributed by atoms with Crippen LogP contribution in [0.2, 0.25) is 0 Å². The maximum absolute atomic E-state index is 12.3. The molecule has 1 aliphatic rings. The lowest BCUT2D eigenvalue weighted by atomic mass is 10.0. The monoisotopic (exact) mass is 276 g/mol. The average Bonchev–Trinajstić information content (AvgIpc) is 2.39. The summed E-state index contributed by atoms with van der Waals surface area (Å²) in [4.78, 5) is 14.2. The SMILES string of the molecule is Cc1ccccc1C1CN(C(=O)CC(C)N)C(C)CO1. The standard InChI is InChI=1S/C16H24N2O2/c1-11-6-4-5-7-14(11)15-9-18(13(3)10-20-15)16(19)8-12(2)17/h4-7,12-13,15H,8-10,17H2,1-3H3. The van der Waals surface area contributed by atoms with Gasteiger partial charge in [-0.3, -0.25) is 4.79 Å². The summed E-state index contributed by atoms with van der Waals surface area (Å²) in [5.41, 5.74) is 8.10. The summed E-state index contributed by atoms with van der Waals surface area (Å²) in [6.45, 7) is 7.14. The molecule has 0 spiro atoms. The Hall–Kier alpha value is -1.39. The lowest BCUT2D eigenvalue weighted by Gasteiger charge is -2.39. The van der Waals surface area contributed by atoms with Crippen LogP contribution in [0.1, 0.15) is 37.5 Å². The molecule has 0 bridgehead atoms. The molecule has 1 aromatic carbocycles. The molecule has 4 heteroatoms. The van der Waals surface area contributed by atoms with Gasteiger partial charge in [-0.05, 0) is 31.9 Å². The lowest BCUT2D eigenvalue weighted by molar-refractivity contribution is -0.144. The van der Waals surface area contributed by atoms with Crippen molar-refractivity contribution < 1.29 is 9.53 Å². The van der Waals surface area contributed by atoms with Crippen molar-refractivity contribution in [2.75, 3.05) is 13.2 Å². The molecule has 1 aliphatic heterocycles. The van der Waals surface area contributed by atoms with E-state index in [1.165, 1.54) is 5.56 Å². The summed E-state index contributed by atoms with van der Waals surface area (Å²) in [5.74, 6) is 0.120. The van der Waals surface area contributed by atoms with Crippen LogP contribution in [-0.2, 0) is 9.53 Å². The number of carbonyl (C=O) groups is 1. The Kier molecular flexibility index (Phi) is 4.78. The van der Waals surface area contributed by atoms with Crippen LogP contribution in [0.15, 0.2) is 24.3 Å². The first kappa shape index (κ1) is 15.0. The Morgan fingerprint density at radius 1 is 1.50 bits per heavy atom. The highest BCUT2D eigenvalue weighted by atomic mass is 16.5. The van der Waals surface area contributed by atoms with Crippen LogP contribution in [0.25, 0.3) is 0 Å². The van der Waals surface area contributed by atoms with Gasteiger partial charge >= 0.3 is 0 Å². The zero-order chi connectivity index (χ0) is 14.7. The predicted octanol–water partition coefficient (Wildman–Crippen LogP) is 2.02. The van der Waals surface area contributed by atoms with Crippen molar-refractivity contribution in [2.45, 2.75) is 45.4 Å². The number of hydrogen-bond donors (Lipinski definition) is 1. The van der Waals surface area contributed by atoms with Gasteiger partial charge in [0.05, 0.1) is 19.2 Å². The molecule has 0 aliphatic carbocycles. The van der Waals surface area contributed by atoms with E-state index in [0.29, 0.717) is 19.6 Å². The van der Waals surface area contributed by atoms with Crippen LogP contribution >= 0.6 is 0 Å². The first-order chi connectivity index (χ1) is 9.49. The number of ether oxygens (including phenoxy) is 1. The number of morpholine rings is 1. The van der Waals surface area contributed by atoms with E-state index in [2.05, 4.69) is 19.1 Å². The average molecular weight is 276 g/mol. The number of benzene rings is 1. The van der Waals surface area contributed by atoms with Gasteiger partial charge in [0.2, 0.25) is 5.91 Å². The van der Waals surface area contributed by atoms with Crippen LogP contribution in [0.5, 0.6) is 0 Å². The third kappa shape index (κ3) is 3.38. The minimum atomic E-state index is -0.102. The number of nitrogens with two attached hydrogens (primary N) is 1. The lowest BCUT2D eigenvalue weighted by Crippen LogP contribution is -2.49. The van der Waals surface area contributed by atoms with Crippen LogP contribution in [0, 0.1) is 6.92 Å². The maximum atomic E-state index is 12.3.